The van der Waals surface area contributed by atoms with Crippen molar-refractivity contribution in [2.45, 2.75) is 24.4 Å². The van der Waals surface area contributed by atoms with Gasteiger partial charge in [0.15, 0.2) is 0 Å². The number of hydrogen-bond acceptors (Lipinski definition) is 3. The Labute approximate surface area is 104 Å². The molecule has 3 nitrogen and oxygen atoms in total. The highest BCUT2D eigenvalue weighted by molar-refractivity contribution is 9.10. The summed E-state index contributed by atoms with van der Waals surface area (Å²) in [6, 6.07) is 6.00. The van der Waals surface area contributed by atoms with Crippen LogP contribution in [0.4, 0.5) is 0 Å². The number of hydrogen-bond donors (Lipinski definition) is 2. The molecule has 4 heteroatoms. The normalized spacial score (nSPS) is 28.6. The lowest BCUT2D eigenvalue weighted by molar-refractivity contribution is 0.0221. The van der Waals surface area contributed by atoms with Crippen molar-refractivity contribution in [2.75, 3.05) is 13.7 Å². The second-order valence-corrected chi connectivity index (χ2v) is 5.25. The van der Waals surface area contributed by atoms with Crippen molar-refractivity contribution in [1.82, 2.24) is 0 Å². The summed E-state index contributed by atoms with van der Waals surface area (Å²) in [4.78, 5) is 0. The fourth-order valence-electron chi connectivity index (χ4n) is 2.36. The van der Waals surface area contributed by atoms with Crippen molar-refractivity contribution >= 4 is 15.9 Å². The molecule has 88 valence electrons. The first-order valence-electron chi connectivity index (χ1n) is 5.33. The summed E-state index contributed by atoms with van der Waals surface area (Å²) in [6.07, 6.45) is 1.30. The van der Waals surface area contributed by atoms with E-state index in [4.69, 9.17) is 10.5 Å². The van der Waals surface area contributed by atoms with Gasteiger partial charge in [0.1, 0.15) is 5.75 Å². The van der Waals surface area contributed by atoms with Crippen LogP contribution in [0.2, 0.25) is 0 Å². The number of aliphatic hydroxyl groups is 1. The summed E-state index contributed by atoms with van der Waals surface area (Å²) < 4.78 is 6.12. The molecular formula is C12H16BrNO2. The van der Waals surface area contributed by atoms with Gasteiger partial charge in [-0.15, -0.1) is 0 Å². The van der Waals surface area contributed by atoms with Gasteiger partial charge in [-0.05, 0) is 46.5 Å². The zero-order chi connectivity index (χ0) is 11.8. The predicted octanol–water partition coefficient (Wildman–Crippen LogP) is 1.81. The number of rotatable bonds is 3. The molecular weight excluding hydrogens is 270 g/mol. The topological polar surface area (TPSA) is 55.5 Å². The quantitative estimate of drug-likeness (QED) is 0.891. The Morgan fingerprint density at radius 2 is 2.25 bits per heavy atom. The fourth-order valence-corrected chi connectivity index (χ4v) is 2.90. The molecule has 1 fully saturated rings. The van der Waals surface area contributed by atoms with E-state index in [0.29, 0.717) is 6.54 Å². The van der Waals surface area contributed by atoms with E-state index in [1.807, 2.05) is 18.2 Å². The van der Waals surface area contributed by atoms with Crippen LogP contribution in [-0.4, -0.2) is 24.9 Å². The molecule has 16 heavy (non-hydrogen) atoms. The molecule has 0 aromatic heterocycles. The van der Waals surface area contributed by atoms with Gasteiger partial charge in [0.05, 0.1) is 17.7 Å². The van der Waals surface area contributed by atoms with Crippen molar-refractivity contribution in [3.05, 3.63) is 28.2 Å². The smallest absolute Gasteiger partial charge is 0.133 e. The highest BCUT2D eigenvalue weighted by Crippen LogP contribution is 2.44. The van der Waals surface area contributed by atoms with Gasteiger partial charge >= 0.3 is 0 Å². The van der Waals surface area contributed by atoms with Gasteiger partial charge in [-0.3, -0.25) is 0 Å². The number of benzene rings is 1. The Kier molecular flexibility index (Phi) is 3.24. The van der Waals surface area contributed by atoms with Crippen LogP contribution in [0.1, 0.15) is 18.4 Å². The molecule has 0 unspecified atom stereocenters. The lowest BCUT2D eigenvalue weighted by Gasteiger charge is -2.45. The number of halogens is 1. The maximum Gasteiger partial charge on any atom is 0.133 e. The Hall–Kier alpha value is -0.580. The Morgan fingerprint density at radius 3 is 2.69 bits per heavy atom. The number of methoxy groups -OCH3 is 1. The number of ether oxygens (including phenoxy) is 1. The van der Waals surface area contributed by atoms with E-state index < -0.39 is 0 Å². The summed E-state index contributed by atoms with van der Waals surface area (Å²) in [5, 5.41) is 9.45. The van der Waals surface area contributed by atoms with Gasteiger partial charge < -0.3 is 15.6 Å². The molecule has 1 saturated carbocycles. The van der Waals surface area contributed by atoms with Gasteiger partial charge in [0.25, 0.3) is 0 Å². The highest BCUT2D eigenvalue weighted by Gasteiger charge is 2.43. The van der Waals surface area contributed by atoms with Crippen LogP contribution in [-0.2, 0) is 5.41 Å². The molecule has 0 amide bonds. The lowest BCUT2D eigenvalue weighted by atomic mass is 9.63. The van der Waals surface area contributed by atoms with E-state index in [1.165, 1.54) is 5.56 Å². The van der Waals surface area contributed by atoms with E-state index in [9.17, 15) is 5.11 Å². The fraction of sp³-hybridized carbons (Fsp3) is 0.500. The molecule has 1 aliphatic carbocycles. The molecule has 0 radical (unpaired) electrons. The van der Waals surface area contributed by atoms with Gasteiger partial charge in [0.2, 0.25) is 0 Å². The van der Waals surface area contributed by atoms with Gasteiger partial charge in [-0.1, -0.05) is 6.07 Å². The summed E-state index contributed by atoms with van der Waals surface area (Å²) >= 11 is 3.47. The second-order valence-electron chi connectivity index (χ2n) is 4.40. The van der Waals surface area contributed by atoms with Crippen LogP contribution in [0.15, 0.2) is 22.7 Å². The zero-order valence-electron chi connectivity index (χ0n) is 9.24. The highest BCUT2D eigenvalue weighted by atomic mass is 79.9. The molecule has 2 rings (SSSR count). The maximum absolute atomic E-state index is 9.45. The summed E-state index contributed by atoms with van der Waals surface area (Å²) in [5.74, 6) is 0.816. The first kappa shape index (κ1) is 11.9. The van der Waals surface area contributed by atoms with E-state index >= 15 is 0 Å². The molecule has 0 heterocycles. The zero-order valence-corrected chi connectivity index (χ0v) is 10.8. The average molecular weight is 286 g/mol. The first-order valence-corrected chi connectivity index (χ1v) is 6.13. The first-order chi connectivity index (χ1) is 7.61. The Morgan fingerprint density at radius 1 is 1.56 bits per heavy atom. The summed E-state index contributed by atoms with van der Waals surface area (Å²) in [6.45, 7) is 0.572. The molecule has 0 saturated heterocycles. The van der Waals surface area contributed by atoms with Gasteiger partial charge in [-0.25, -0.2) is 0 Å². The van der Waals surface area contributed by atoms with Crippen LogP contribution in [0.25, 0.3) is 0 Å². The van der Waals surface area contributed by atoms with Crippen molar-refractivity contribution in [2.24, 2.45) is 5.73 Å². The Bertz CT molecular complexity index is 389. The maximum atomic E-state index is 9.45. The minimum atomic E-state index is -0.204. The minimum absolute atomic E-state index is 0.0474. The molecule has 0 bridgehead atoms. The average Bonchev–Trinajstić information content (AvgIpc) is 2.24. The van der Waals surface area contributed by atoms with Crippen LogP contribution < -0.4 is 10.5 Å². The van der Waals surface area contributed by atoms with Crippen LogP contribution in [0.5, 0.6) is 5.75 Å². The van der Waals surface area contributed by atoms with Crippen molar-refractivity contribution in [3.63, 3.8) is 0 Å². The van der Waals surface area contributed by atoms with E-state index in [-0.39, 0.29) is 11.5 Å². The molecule has 0 spiro atoms. The molecule has 1 aromatic rings. The standard InChI is InChI=1S/C12H16BrNO2/c1-16-11-3-2-8(4-10(11)13)12(7-14)5-9(15)6-12/h2-4,9,15H,5-7,14H2,1H3. The Balaban J connectivity index is 2.30. The largest absolute Gasteiger partial charge is 0.496 e. The van der Waals surface area contributed by atoms with Crippen LogP contribution >= 0.6 is 15.9 Å². The van der Waals surface area contributed by atoms with Crippen LogP contribution in [0.3, 0.4) is 0 Å². The SMILES string of the molecule is COc1ccc(C2(CN)CC(O)C2)cc1Br. The van der Waals surface area contributed by atoms with Crippen molar-refractivity contribution in [1.29, 1.82) is 0 Å². The predicted molar refractivity (Wildman–Crippen MR) is 66.7 cm³/mol. The van der Waals surface area contributed by atoms with Crippen molar-refractivity contribution in [3.8, 4) is 5.75 Å². The molecule has 0 atom stereocenters. The number of aliphatic hydroxyl groups excluding tert-OH is 1. The summed E-state index contributed by atoms with van der Waals surface area (Å²) in [7, 11) is 1.64. The third kappa shape index (κ3) is 1.85. The van der Waals surface area contributed by atoms with Crippen LogP contribution in [0, 0.1) is 0 Å². The minimum Gasteiger partial charge on any atom is -0.496 e. The van der Waals surface area contributed by atoms with E-state index in [2.05, 4.69) is 15.9 Å². The lowest BCUT2D eigenvalue weighted by Crippen LogP contribution is -2.49. The molecule has 3 N–H and O–H groups in total. The second kappa shape index (κ2) is 4.35. The third-order valence-electron chi connectivity index (χ3n) is 3.41. The molecule has 1 aromatic carbocycles. The van der Waals surface area contributed by atoms with E-state index in [1.54, 1.807) is 7.11 Å². The van der Waals surface area contributed by atoms with Gasteiger partial charge in [-0.2, -0.15) is 0 Å². The number of nitrogens with two attached hydrogens (primary N) is 1. The summed E-state index contributed by atoms with van der Waals surface area (Å²) in [5.41, 5.74) is 6.95. The molecule has 1 aliphatic rings. The monoisotopic (exact) mass is 285 g/mol. The molecule has 0 aliphatic heterocycles. The third-order valence-corrected chi connectivity index (χ3v) is 4.03. The van der Waals surface area contributed by atoms with E-state index in [0.717, 1.165) is 23.1 Å². The van der Waals surface area contributed by atoms with Crippen molar-refractivity contribution < 1.29 is 9.84 Å². The van der Waals surface area contributed by atoms with Gasteiger partial charge in [0, 0.05) is 12.0 Å².